The summed E-state index contributed by atoms with van der Waals surface area (Å²) in [7, 11) is 3.00. The van der Waals surface area contributed by atoms with Gasteiger partial charge >= 0.3 is 5.97 Å². The van der Waals surface area contributed by atoms with Gasteiger partial charge in [0.25, 0.3) is 0 Å². The number of nitrogens with one attached hydrogen (secondary N) is 1. The van der Waals surface area contributed by atoms with Crippen molar-refractivity contribution < 1.29 is 23.8 Å². The normalized spacial score (nSPS) is 17.5. The van der Waals surface area contributed by atoms with Gasteiger partial charge in [0.2, 0.25) is 5.91 Å². The van der Waals surface area contributed by atoms with Gasteiger partial charge in [-0.1, -0.05) is 11.6 Å². The van der Waals surface area contributed by atoms with Gasteiger partial charge < -0.3 is 19.5 Å². The fourth-order valence-corrected chi connectivity index (χ4v) is 3.23. The SMILES string of the molecule is CCOC(=O)C1CCCN(CC(=O)Nc2cc(OC)c(Cl)cc2OC)C1. The molecule has 1 fully saturated rings. The van der Waals surface area contributed by atoms with Crippen LogP contribution in [0.3, 0.4) is 0 Å². The molecule has 1 saturated heterocycles. The number of hydrogen-bond donors (Lipinski definition) is 1. The van der Waals surface area contributed by atoms with Crippen molar-refractivity contribution in [3.05, 3.63) is 17.2 Å². The van der Waals surface area contributed by atoms with Gasteiger partial charge in [0.15, 0.2) is 0 Å². The van der Waals surface area contributed by atoms with Crippen molar-refractivity contribution in [1.29, 1.82) is 0 Å². The number of anilines is 1. The lowest BCUT2D eigenvalue weighted by Gasteiger charge is -2.30. The molecule has 1 unspecified atom stereocenters. The summed E-state index contributed by atoms with van der Waals surface area (Å²) in [6.45, 7) is 3.63. The molecule has 2 rings (SSSR count). The predicted molar refractivity (Wildman–Crippen MR) is 99.0 cm³/mol. The highest BCUT2D eigenvalue weighted by atomic mass is 35.5. The van der Waals surface area contributed by atoms with Gasteiger partial charge in [0.05, 0.1) is 44.0 Å². The molecule has 1 aromatic rings. The zero-order valence-electron chi connectivity index (χ0n) is 15.3. The number of likely N-dealkylation sites (tertiary alicyclic amines) is 1. The van der Waals surface area contributed by atoms with Crippen LogP contribution >= 0.6 is 11.6 Å². The highest BCUT2D eigenvalue weighted by Gasteiger charge is 2.28. The monoisotopic (exact) mass is 384 g/mol. The second-order valence-corrected chi connectivity index (χ2v) is 6.47. The first-order chi connectivity index (χ1) is 12.5. The molecular formula is C18H25ClN2O5. The van der Waals surface area contributed by atoms with Crippen molar-refractivity contribution >= 4 is 29.2 Å². The predicted octanol–water partition coefficient (Wildman–Crippen LogP) is 2.57. The van der Waals surface area contributed by atoms with E-state index < -0.39 is 0 Å². The lowest BCUT2D eigenvalue weighted by Crippen LogP contribution is -2.43. The first-order valence-electron chi connectivity index (χ1n) is 8.58. The number of nitrogens with zero attached hydrogens (tertiary/aromatic N) is 1. The molecule has 0 aromatic heterocycles. The van der Waals surface area contributed by atoms with E-state index in [0.29, 0.717) is 35.4 Å². The Labute approximate surface area is 158 Å². The van der Waals surface area contributed by atoms with Gasteiger partial charge in [-0.05, 0) is 26.3 Å². The first-order valence-corrected chi connectivity index (χ1v) is 8.96. The molecule has 7 nitrogen and oxygen atoms in total. The molecule has 1 amide bonds. The fourth-order valence-electron chi connectivity index (χ4n) is 3.00. The quantitative estimate of drug-likeness (QED) is 0.728. The number of halogens is 1. The maximum atomic E-state index is 12.4. The third-order valence-electron chi connectivity index (χ3n) is 4.24. The number of carbonyl (C=O) groups is 2. The number of piperidine rings is 1. The van der Waals surface area contributed by atoms with Crippen molar-refractivity contribution in [2.24, 2.45) is 5.92 Å². The molecule has 0 spiro atoms. The van der Waals surface area contributed by atoms with Crippen LogP contribution in [0.25, 0.3) is 0 Å². The molecule has 8 heteroatoms. The number of esters is 1. The molecule has 1 aliphatic rings. The third-order valence-corrected chi connectivity index (χ3v) is 4.54. The van der Waals surface area contributed by atoms with Crippen LogP contribution in [0.4, 0.5) is 5.69 Å². The smallest absolute Gasteiger partial charge is 0.310 e. The van der Waals surface area contributed by atoms with Crippen molar-refractivity contribution in [3.8, 4) is 11.5 Å². The van der Waals surface area contributed by atoms with Crippen LogP contribution in [0.2, 0.25) is 5.02 Å². The van der Waals surface area contributed by atoms with E-state index >= 15 is 0 Å². The molecular weight excluding hydrogens is 360 g/mol. The number of methoxy groups -OCH3 is 2. The van der Waals surface area contributed by atoms with E-state index in [1.54, 1.807) is 19.1 Å². The van der Waals surface area contributed by atoms with Crippen molar-refractivity contribution in [3.63, 3.8) is 0 Å². The molecule has 0 radical (unpaired) electrons. The van der Waals surface area contributed by atoms with E-state index in [9.17, 15) is 9.59 Å². The van der Waals surface area contributed by atoms with E-state index in [4.69, 9.17) is 25.8 Å². The summed E-state index contributed by atoms with van der Waals surface area (Å²) in [5, 5.41) is 3.22. The van der Waals surface area contributed by atoms with E-state index in [-0.39, 0.29) is 24.3 Å². The topological polar surface area (TPSA) is 77.1 Å². The van der Waals surface area contributed by atoms with Gasteiger partial charge in [0, 0.05) is 18.7 Å². The molecule has 1 aromatic carbocycles. The molecule has 144 valence electrons. The van der Waals surface area contributed by atoms with Gasteiger partial charge in [-0.15, -0.1) is 0 Å². The summed E-state index contributed by atoms with van der Waals surface area (Å²) in [4.78, 5) is 26.3. The zero-order valence-corrected chi connectivity index (χ0v) is 16.1. The Hall–Kier alpha value is -1.99. The summed E-state index contributed by atoms with van der Waals surface area (Å²) in [5.74, 6) is 0.330. The Morgan fingerprint density at radius 1 is 1.27 bits per heavy atom. The Morgan fingerprint density at radius 3 is 2.65 bits per heavy atom. The van der Waals surface area contributed by atoms with Gasteiger partial charge in [0.1, 0.15) is 11.5 Å². The second-order valence-electron chi connectivity index (χ2n) is 6.06. The van der Waals surface area contributed by atoms with Crippen LogP contribution < -0.4 is 14.8 Å². The molecule has 0 aliphatic carbocycles. The number of hydrogen-bond acceptors (Lipinski definition) is 6. The molecule has 1 atom stereocenters. The lowest BCUT2D eigenvalue weighted by atomic mass is 9.98. The Bertz CT molecular complexity index is 653. The molecule has 26 heavy (non-hydrogen) atoms. The van der Waals surface area contributed by atoms with E-state index in [1.807, 2.05) is 4.90 Å². The largest absolute Gasteiger partial charge is 0.495 e. The van der Waals surface area contributed by atoms with Crippen molar-refractivity contribution in [1.82, 2.24) is 4.90 Å². The Morgan fingerprint density at radius 2 is 2.00 bits per heavy atom. The van der Waals surface area contributed by atoms with Crippen LogP contribution in [0.5, 0.6) is 11.5 Å². The number of benzene rings is 1. The maximum Gasteiger partial charge on any atom is 0.310 e. The summed E-state index contributed by atoms with van der Waals surface area (Å²) in [5.41, 5.74) is 0.484. The summed E-state index contributed by atoms with van der Waals surface area (Å²) in [6, 6.07) is 3.21. The highest BCUT2D eigenvalue weighted by molar-refractivity contribution is 6.32. The number of rotatable bonds is 7. The maximum absolute atomic E-state index is 12.4. The number of carbonyl (C=O) groups excluding carboxylic acids is 2. The number of amides is 1. The van der Waals surface area contributed by atoms with Gasteiger partial charge in [-0.2, -0.15) is 0 Å². The average Bonchev–Trinajstić information content (AvgIpc) is 2.63. The minimum Gasteiger partial charge on any atom is -0.495 e. The Kier molecular flexibility index (Phi) is 7.53. The van der Waals surface area contributed by atoms with Crippen LogP contribution in [-0.2, 0) is 14.3 Å². The van der Waals surface area contributed by atoms with Crippen LogP contribution in [0.1, 0.15) is 19.8 Å². The average molecular weight is 385 g/mol. The van der Waals surface area contributed by atoms with Crippen LogP contribution in [-0.4, -0.2) is 57.2 Å². The molecule has 0 saturated carbocycles. The minimum atomic E-state index is -0.197. The first kappa shape index (κ1) is 20.3. The minimum absolute atomic E-state index is 0.179. The van der Waals surface area contributed by atoms with Crippen molar-refractivity contribution in [2.45, 2.75) is 19.8 Å². The summed E-state index contributed by atoms with van der Waals surface area (Å²) >= 11 is 6.07. The standard InChI is InChI=1S/C18H25ClN2O5/c1-4-26-18(23)12-6-5-7-21(10-12)11-17(22)20-14-9-15(24-2)13(19)8-16(14)25-3/h8-9,12H,4-7,10-11H2,1-3H3,(H,20,22). The van der Waals surface area contributed by atoms with Crippen LogP contribution in [0.15, 0.2) is 12.1 Å². The zero-order chi connectivity index (χ0) is 19.1. The van der Waals surface area contributed by atoms with Crippen molar-refractivity contribution in [2.75, 3.05) is 45.8 Å². The second kappa shape index (κ2) is 9.64. The van der Waals surface area contributed by atoms with E-state index in [0.717, 1.165) is 19.4 Å². The third kappa shape index (κ3) is 5.25. The summed E-state index contributed by atoms with van der Waals surface area (Å²) in [6.07, 6.45) is 1.65. The lowest BCUT2D eigenvalue weighted by molar-refractivity contribution is -0.150. The fraction of sp³-hybridized carbons (Fsp3) is 0.556. The van der Waals surface area contributed by atoms with Crippen LogP contribution in [0, 0.1) is 5.92 Å². The van der Waals surface area contributed by atoms with E-state index in [1.165, 1.54) is 14.2 Å². The Balaban J connectivity index is 1.99. The molecule has 0 bridgehead atoms. The highest BCUT2D eigenvalue weighted by Crippen LogP contribution is 2.35. The number of ether oxygens (including phenoxy) is 3. The van der Waals surface area contributed by atoms with Gasteiger partial charge in [-0.25, -0.2) is 0 Å². The summed E-state index contributed by atoms with van der Waals surface area (Å²) < 4.78 is 15.5. The van der Waals surface area contributed by atoms with Gasteiger partial charge in [-0.3, -0.25) is 14.5 Å². The molecule has 1 heterocycles. The molecule has 1 aliphatic heterocycles. The van der Waals surface area contributed by atoms with E-state index in [2.05, 4.69) is 5.32 Å². The molecule has 1 N–H and O–H groups in total.